The Morgan fingerprint density at radius 3 is 2.02 bits per heavy atom. The first-order chi connectivity index (χ1) is 20.7. The minimum absolute atomic E-state index is 0.0373. The standard InChI is InChI=1S/C33H30F3NO7/c1-17(2)9-15-23-27(38)24(16-10-18(3)4)30-25(28(23)39)29(40)32(43-5)31(44-30)22-8-6-7-21(26(22)33(34,35)36)19-11-13-20(14-12-19)37(41)42/h6-14,38-39H,15-16H2,1-5H3. The molecule has 0 aliphatic carbocycles. The second kappa shape index (κ2) is 12.3. The molecule has 0 atom stereocenters. The van der Waals surface area contributed by atoms with Gasteiger partial charge in [0.1, 0.15) is 22.5 Å². The average molecular weight is 610 g/mol. The molecule has 0 amide bonds. The highest BCUT2D eigenvalue weighted by atomic mass is 19.4. The van der Waals surface area contributed by atoms with Crippen LogP contribution in [0.5, 0.6) is 17.2 Å². The van der Waals surface area contributed by atoms with E-state index in [1.54, 1.807) is 12.2 Å². The molecule has 11 heteroatoms. The topological polar surface area (TPSA) is 123 Å². The normalized spacial score (nSPS) is 11.4. The molecule has 44 heavy (non-hydrogen) atoms. The zero-order valence-electron chi connectivity index (χ0n) is 24.6. The Morgan fingerprint density at radius 1 is 0.932 bits per heavy atom. The number of hydrogen-bond acceptors (Lipinski definition) is 7. The maximum atomic E-state index is 14.8. The summed E-state index contributed by atoms with van der Waals surface area (Å²) in [4.78, 5) is 24.3. The third-order valence-corrected chi connectivity index (χ3v) is 7.05. The van der Waals surface area contributed by atoms with E-state index in [-0.39, 0.29) is 57.5 Å². The van der Waals surface area contributed by atoms with Gasteiger partial charge in [-0.25, -0.2) is 0 Å². The monoisotopic (exact) mass is 609 g/mol. The fourth-order valence-corrected chi connectivity index (χ4v) is 4.91. The Hall–Kier alpha value is -5.06. The van der Waals surface area contributed by atoms with Gasteiger partial charge < -0.3 is 19.4 Å². The first-order valence-corrected chi connectivity index (χ1v) is 13.5. The van der Waals surface area contributed by atoms with Crippen LogP contribution in [-0.2, 0) is 19.0 Å². The van der Waals surface area contributed by atoms with Crippen molar-refractivity contribution < 1.29 is 37.5 Å². The van der Waals surface area contributed by atoms with Crippen LogP contribution in [0.3, 0.4) is 0 Å². The Balaban J connectivity index is 2.14. The molecule has 0 radical (unpaired) electrons. The van der Waals surface area contributed by atoms with Gasteiger partial charge >= 0.3 is 6.18 Å². The van der Waals surface area contributed by atoms with Crippen LogP contribution in [0.25, 0.3) is 33.4 Å². The summed E-state index contributed by atoms with van der Waals surface area (Å²) >= 11 is 0. The summed E-state index contributed by atoms with van der Waals surface area (Å²) in [6.07, 6.45) is -1.35. The lowest BCUT2D eigenvalue weighted by Crippen LogP contribution is -2.13. The van der Waals surface area contributed by atoms with E-state index in [0.717, 1.165) is 36.5 Å². The summed E-state index contributed by atoms with van der Waals surface area (Å²) in [5, 5.41) is 33.2. The van der Waals surface area contributed by atoms with E-state index in [9.17, 15) is 38.3 Å². The van der Waals surface area contributed by atoms with Crippen molar-refractivity contribution in [1.82, 2.24) is 0 Å². The first-order valence-electron chi connectivity index (χ1n) is 13.5. The number of nitro benzene ring substituents is 1. The molecule has 0 fully saturated rings. The first kappa shape index (κ1) is 31.9. The maximum Gasteiger partial charge on any atom is 0.417 e. The summed E-state index contributed by atoms with van der Waals surface area (Å²) in [5.74, 6) is -2.05. The van der Waals surface area contributed by atoms with Crippen molar-refractivity contribution in [2.24, 2.45) is 0 Å². The lowest BCUT2D eigenvalue weighted by molar-refractivity contribution is -0.384. The molecule has 0 saturated heterocycles. The molecule has 0 spiro atoms. The fraction of sp³-hybridized carbons (Fsp3) is 0.242. The van der Waals surface area contributed by atoms with Crippen LogP contribution in [0, 0.1) is 10.1 Å². The number of nitro groups is 1. The molecule has 4 aromatic rings. The van der Waals surface area contributed by atoms with Crippen molar-refractivity contribution in [2.45, 2.75) is 46.7 Å². The van der Waals surface area contributed by atoms with E-state index < -0.39 is 44.9 Å². The number of halogens is 3. The van der Waals surface area contributed by atoms with Crippen LogP contribution in [0.1, 0.15) is 44.4 Å². The van der Waals surface area contributed by atoms with Crippen LogP contribution in [0.2, 0.25) is 0 Å². The van der Waals surface area contributed by atoms with Gasteiger partial charge in [0.25, 0.3) is 5.69 Å². The number of alkyl halides is 3. The van der Waals surface area contributed by atoms with Crippen molar-refractivity contribution in [2.75, 3.05) is 7.11 Å². The van der Waals surface area contributed by atoms with Crippen LogP contribution < -0.4 is 10.2 Å². The van der Waals surface area contributed by atoms with Crippen LogP contribution in [-0.4, -0.2) is 22.2 Å². The molecule has 0 aliphatic heterocycles. The number of rotatable bonds is 8. The maximum absolute atomic E-state index is 14.8. The Kier molecular flexibility index (Phi) is 8.89. The molecule has 8 nitrogen and oxygen atoms in total. The zero-order valence-corrected chi connectivity index (χ0v) is 24.6. The van der Waals surface area contributed by atoms with Crippen molar-refractivity contribution in [1.29, 1.82) is 0 Å². The molecule has 0 unspecified atom stereocenters. The number of methoxy groups -OCH3 is 1. The predicted molar refractivity (Wildman–Crippen MR) is 161 cm³/mol. The predicted octanol–water partition coefficient (Wildman–Crippen LogP) is 8.49. The van der Waals surface area contributed by atoms with Crippen LogP contribution in [0.4, 0.5) is 18.9 Å². The molecule has 1 heterocycles. The number of fused-ring (bicyclic) bond motifs is 1. The fourth-order valence-electron chi connectivity index (χ4n) is 4.91. The van der Waals surface area contributed by atoms with Crippen LogP contribution in [0.15, 0.2) is 75.0 Å². The summed E-state index contributed by atoms with van der Waals surface area (Å²) in [6, 6.07) is 8.21. The molecule has 1 aromatic heterocycles. The van der Waals surface area contributed by atoms with Crippen molar-refractivity contribution in [3.05, 3.63) is 103 Å². The Labute approximate surface area is 250 Å². The lowest BCUT2D eigenvalue weighted by atomic mass is 9.92. The molecule has 0 saturated carbocycles. The summed E-state index contributed by atoms with van der Waals surface area (Å²) in [7, 11) is 1.10. The number of phenolic OH excluding ortho intramolecular Hbond substituents is 2. The van der Waals surface area contributed by atoms with E-state index in [0.29, 0.717) is 0 Å². The third-order valence-electron chi connectivity index (χ3n) is 7.05. The largest absolute Gasteiger partial charge is 0.507 e. The zero-order chi connectivity index (χ0) is 32.5. The second-order valence-corrected chi connectivity index (χ2v) is 10.7. The highest BCUT2D eigenvalue weighted by molar-refractivity contribution is 5.93. The van der Waals surface area contributed by atoms with Gasteiger partial charge in [-0.05, 0) is 63.8 Å². The van der Waals surface area contributed by atoms with Crippen molar-refractivity contribution in [3.63, 3.8) is 0 Å². The number of non-ortho nitro benzene ring substituents is 1. The van der Waals surface area contributed by atoms with Gasteiger partial charge in [0, 0.05) is 28.8 Å². The van der Waals surface area contributed by atoms with Crippen molar-refractivity contribution in [3.8, 4) is 39.7 Å². The van der Waals surface area contributed by atoms with Gasteiger partial charge in [-0.3, -0.25) is 14.9 Å². The smallest absolute Gasteiger partial charge is 0.417 e. The van der Waals surface area contributed by atoms with Crippen molar-refractivity contribution >= 4 is 16.7 Å². The van der Waals surface area contributed by atoms with Gasteiger partial charge in [-0.1, -0.05) is 41.5 Å². The van der Waals surface area contributed by atoms with Gasteiger partial charge in [0.05, 0.1) is 17.6 Å². The van der Waals surface area contributed by atoms with E-state index in [1.807, 2.05) is 27.7 Å². The summed E-state index contributed by atoms with van der Waals surface area (Å²) in [5.41, 5.74) is -1.57. The molecule has 3 aromatic carbocycles. The SMILES string of the molecule is COc1c(-c2cccc(-c3ccc([N+](=O)[O-])cc3)c2C(F)(F)F)oc2c(CC=C(C)C)c(O)c(CC=C(C)C)c(O)c2c1=O. The molecule has 230 valence electrons. The number of benzene rings is 3. The minimum atomic E-state index is -4.98. The molecular formula is C33H30F3NO7. The molecule has 4 rings (SSSR count). The highest BCUT2D eigenvalue weighted by Gasteiger charge is 2.39. The van der Waals surface area contributed by atoms with E-state index in [1.165, 1.54) is 24.3 Å². The third kappa shape index (κ3) is 6.03. The lowest BCUT2D eigenvalue weighted by Gasteiger charge is -2.20. The molecule has 0 bridgehead atoms. The van der Waals surface area contributed by atoms with E-state index in [4.69, 9.17) is 9.15 Å². The van der Waals surface area contributed by atoms with Crippen LogP contribution >= 0.6 is 0 Å². The van der Waals surface area contributed by atoms with Gasteiger partial charge in [0.15, 0.2) is 5.76 Å². The van der Waals surface area contributed by atoms with E-state index in [2.05, 4.69) is 0 Å². The second-order valence-electron chi connectivity index (χ2n) is 10.7. The number of hydrogen-bond donors (Lipinski definition) is 2. The Morgan fingerprint density at radius 2 is 1.50 bits per heavy atom. The number of aromatic hydroxyl groups is 2. The quantitative estimate of drug-likeness (QED) is 0.117. The number of nitrogens with zero attached hydrogens (tertiary/aromatic N) is 1. The number of allylic oxidation sites excluding steroid dienone is 4. The molecule has 0 aliphatic rings. The molecule has 2 N–H and O–H groups in total. The number of phenols is 2. The van der Waals surface area contributed by atoms with Gasteiger partial charge in [-0.15, -0.1) is 0 Å². The number of ether oxygens (including phenoxy) is 1. The average Bonchev–Trinajstić information content (AvgIpc) is 2.95. The van der Waals surface area contributed by atoms with E-state index >= 15 is 0 Å². The molecular weight excluding hydrogens is 579 g/mol. The summed E-state index contributed by atoms with van der Waals surface area (Å²) in [6.45, 7) is 7.28. The minimum Gasteiger partial charge on any atom is -0.507 e. The highest BCUT2D eigenvalue weighted by Crippen LogP contribution is 2.47. The van der Waals surface area contributed by atoms with Gasteiger partial charge in [-0.2, -0.15) is 13.2 Å². The summed E-state index contributed by atoms with van der Waals surface area (Å²) < 4.78 is 55.8. The van der Waals surface area contributed by atoms with Gasteiger partial charge in [0.2, 0.25) is 11.2 Å². The Bertz CT molecular complexity index is 1880.